The molecule has 2 atom stereocenters. The zero-order chi connectivity index (χ0) is 10.4. The van der Waals surface area contributed by atoms with Gasteiger partial charge < -0.3 is 5.73 Å². The fraction of sp³-hybridized carbons (Fsp3) is 0.846. The molecule has 0 radical (unpaired) electrons. The number of rotatable bonds is 3. The third-order valence-electron chi connectivity index (χ3n) is 3.69. The Hall–Kier alpha value is -0.480. The van der Waals surface area contributed by atoms with Crippen molar-refractivity contribution in [3.63, 3.8) is 0 Å². The van der Waals surface area contributed by atoms with E-state index in [0.29, 0.717) is 5.41 Å². The van der Waals surface area contributed by atoms with Crippen molar-refractivity contribution in [2.45, 2.75) is 52.4 Å². The molecule has 2 N–H and O–H groups in total. The van der Waals surface area contributed by atoms with E-state index in [-0.39, 0.29) is 0 Å². The molecule has 0 aromatic rings. The molecule has 0 aromatic carbocycles. The molecular weight excluding hydrogens is 170 g/mol. The Labute approximate surface area is 88.5 Å². The molecule has 1 aliphatic carbocycles. The van der Waals surface area contributed by atoms with Crippen LogP contribution in [-0.4, -0.2) is 6.54 Å². The molecule has 0 aromatic heterocycles. The lowest BCUT2D eigenvalue weighted by molar-refractivity contribution is 0.148. The van der Waals surface area contributed by atoms with Gasteiger partial charge in [-0.1, -0.05) is 26.2 Å². The monoisotopic (exact) mass is 193 g/mol. The Morgan fingerprint density at radius 3 is 2.86 bits per heavy atom. The minimum Gasteiger partial charge on any atom is -0.330 e. The summed E-state index contributed by atoms with van der Waals surface area (Å²) in [4.78, 5) is 0. The second-order valence-corrected chi connectivity index (χ2v) is 4.68. The largest absolute Gasteiger partial charge is 0.330 e. The van der Waals surface area contributed by atoms with Gasteiger partial charge in [0.15, 0.2) is 0 Å². The molecule has 1 rings (SSSR count). The highest BCUT2D eigenvalue weighted by atomic mass is 14.6. The Morgan fingerprint density at radius 2 is 2.29 bits per heavy atom. The second-order valence-electron chi connectivity index (χ2n) is 4.68. The van der Waals surface area contributed by atoms with E-state index in [2.05, 4.69) is 18.8 Å². The van der Waals surface area contributed by atoms with Gasteiger partial charge in [0.25, 0.3) is 0 Å². The van der Waals surface area contributed by atoms with Crippen molar-refractivity contribution in [3.8, 4) is 11.8 Å². The minimum atomic E-state index is 0.349. The van der Waals surface area contributed by atoms with E-state index < -0.39 is 0 Å². The first-order chi connectivity index (χ1) is 6.76. The molecule has 1 aliphatic rings. The maximum absolute atomic E-state index is 5.93. The normalized spacial score (nSPS) is 32.1. The average molecular weight is 193 g/mol. The molecule has 14 heavy (non-hydrogen) atoms. The number of hydrogen-bond donors (Lipinski definition) is 1. The molecule has 0 saturated heterocycles. The molecule has 1 saturated carbocycles. The second kappa shape index (κ2) is 5.41. The molecule has 80 valence electrons. The smallest absolute Gasteiger partial charge is 0.0157 e. The predicted octanol–water partition coefficient (Wildman–Crippen LogP) is 2.95. The van der Waals surface area contributed by atoms with Gasteiger partial charge in [0, 0.05) is 6.42 Å². The van der Waals surface area contributed by atoms with E-state index in [1.807, 2.05) is 6.92 Å². The van der Waals surface area contributed by atoms with E-state index in [4.69, 9.17) is 5.73 Å². The summed E-state index contributed by atoms with van der Waals surface area (Å²) in [5.74, 6) is 7.12. The molecule has 1 nitrogen and oxygen atoms in total. The molecule has 0 spiro atoms. The van der Waals surface area contributed by atoms with E-state index in [0.717, 1.165) is 18.9 Å². The van der Waals surface area contributed by atoms with Crippen LogP contribution < -0.4 is 5.73 Å². The van der Waals surface area contributed by atoms with Gasteiger partial charge in [-0.25, -0.2) is 0 Å². The number of nitrogens with two attached hydrogens (primary N) is 1. The fourth-order valence-corrected chi connectivity index (χ4v) is 2.62. The van der Waals surface area contributed by atoms with Gasteiger partial charge >= 0.3 is 0 Å². The summed E-state index contributed by atoms with van der Waals surface area (Å²) in [6.45, 7) is 5.03. The summed E-state index contributed by atoms with van der Waals surface area (Å²) in [6, 6.07) is 0. The Kier molecular flexibility index (Phi) is 4.48. The van der Waals surface area contributed by atoms with Crippen molar-refractivity contribution in [2.75, 3.05) is 6.54 Å². The summed E-state index contributed by atoms with van der Waals surface area (Å²) in [5, 5.41) is 0. The van der Waals surface area contributed by atoms with Crippen LogP contribution in [0.3, 0.4) is 0 Å². The van der Waals surface area contributed by atoms with Gasteiger partial charge in [-0.15, -0.1) is 11.8 Å². The molecule has 0 heterocycles. The van der Waals surface area contributed by atoms with E-state index in [1.54, 1.807) is 0 Å². The Bertz CT molecular complexity index is 223. The van der Waals surface area contributed by atoms with Crippen LogP contribution >= 0.6 is 0 Å². The third-order valence-corrected chi connectivity index (χ3v) is 3.69. The molecule has 0 aliphatic heterocycles. The van der Waals surface area contributed by atoms with Gasteiger partial charge in [-0.2, -0.15) is 0 Å². The molecular formula is C13H23N. The van der Waals surface area contributed by atoms with Crippen molar-refractivity contribution in [2.24, 2.45) is 17.1 Å². The maximum atomic E-state index is 5.93. The van der Waals surface area contributed by atoms with Crippen molar-refractivity contribution in [3.05, 3.63) is 0 Å². The lowest BCUT2D eigenvalue weighted by Crippen LogP contribution is -2.35. The third kappa shape index (κ3) is 2.75. The summed E-state index contributed by atoms with van der Waals surface area (Å²) in [6.07, 6.45) is 7.65. The van der Waals surface area contributed by atoms with Crippen LogP contribution in [0.1, 0.15) is 52.4 Å². The molecule has 0 bridgehead atoms. The first-order valence-electron chi connectivity index (χ1n) is 5.86. The summed E-state index contributed by atoms with van der Waals surface area (Å²) in [7, 11) is 0. The van der Waals surface area contributed by atoms with Crippen molar-refractivity contribution in [1.29, 1.82) is 0 Å². The van der Waals surface area contributed by atoms with Gasteiger partial charge in [-0.3, -0.25) is 0 Å². The zero-order valence-corrected chi connectivity index (χ0v) is 9.60. The van der Waals surface area contributed by atoms with Crippen LogP contribution in [0.15, 0.2) is 0 Å². The first kappa shape index (κ1) is 11.6. The zero-order valence-electron chi connectivity index (χ0n) is 9.60. The first-order valence-corrected chi connectivity index (χ1v) is 5.86. The topological polar surface area (TPSA) is 26.0 Å². The Morgan fingerprint density at radius 1 is 1.50 bits per heavy atom. The standard InChI is InChI=1S/C13H23N/c1-3-5-8-13(11-14)9-6-7-12(4-2)10-13/h12H,4,6-11,14H2,1-2H3. The van der Waals surface area contributed by atoms with Crippen LogP contribution in [0, 0.1) is 23.2 Å². The van der Waals surface area contributed by atoms with Gasteiger partial charge in [-0.05, 0) is 37.6 Å². The number of hydrogen-bond acceptors (Lipinski definition) is 1. The summed E-state index contributed by atoms with van der Waals surface area (Å²) >= 11 is 0. The van der Waals surface area contributed by atoms with Crippen LogP contribution in [0.5, 0.6) is 0 Å². The van der Waals surface area contributed by atoms with Crippen LogP contribution in [-0.2, 0) is 0 Å². The van der Waals surface area contributed by atoms with E-state index >= 15 is 0 Å². The van der Waals surface area contributed by atoms with Gasteiger partial charge in [0.1, 0.15) is 0 Å². The molecule has 0 amide bonds. The molecule has 2 unspecified atom stereocenters. The SMILES string of the molecule is CC#CCC1(CN)CCCC(CC)C1. The summed E-state index contributed by atoms with van der Waals surface area (Å²) < 4.78 is 0. The highest BCUT2D eigenvalue weighted by Crippen LogP contribution is 2.42. The highest BCUT2D eigenvalue weighted by molar-refractivity contribution is 5.02. The van der Waals surface area contributed by atoms with Gasteiger partial charge in [0.05, 0.1) is 0 Å². The van der Waals surface area contributed by atoms with Crippen molar-refractivity contribution in [1.82, 2.24) is 0 Å². The van der Waals surface area contributed by atoms with Crippen molar-refractivity contribution >= 4 is 0 Å². The summed E-state index contributed by atoms with van der Waals surface area (Å²) in [5.41, 5.74) is 6.28. The van der Waals surface area contributed by atoms with E-state index in [1.165, 1.54) is 32.1 Å². The molecule has 1 fully saturated rings. The highest BCUT2D eigenvalue weighted by Gasteiger charge is 2.33. The van der Waals surface area contributed by atoms with Crippen LogP contribution in [0.4, 0.5) is 0 Å². The average Bonchev–Trinajstić information content (AvgIpc) is 2.26. The lowest BCUT2D eigenvalue weighted by Gasteiger charge is -2.39. The van der Waals surface area contributed by atoms with Crippen LogP contribution in [0.25, 0.3) is 0 Å². The van der Waals surface area contributed by atoms with Crippen LogP contribution in [0.2, 0.25) is 0 Å². The van der Waals surface area contributed by atoms with Gasteiger partial charge in [0.2, 0.25) is 0 Å². The minimum absolute atomic E-state index is 0.349. The Balaban J connectivity index is 2.60. The maximum Gasteiger partial charge on any atom is 0.0157 e. The molecule has 1 heteroatoms. The fourth-order valence-electron chi connectivity index (χ4n) is 2.62. The van der Waals surface area contributed by atoms with Crippen molar-refractivity contribution < 1.29 is 0 Å². The predicted molar refractivity (Wildman–Crippen MR) is 61.8 cm³/mol. The van der Waals surface area contributed by atoms with E-state index in [9.17, 15) is 0 Å². The quantitative estimate of drug-likeness (QED) is 0.685. The lowest BCUT2D eigenvalue weighted by atomic mass is 9.67.